The Kier molecular flexibility index (Phi) is 7.20. The van der Waals surface area contributed by atoms with E-state index in [-0.39, 0.29) is 0 Å². The van der Waals surface area contributed by atoms with E-state index in [1.165, 1.54) is 19.4 Å². The maximum Gasteiger partial charge on any atom is 0.0724 e. The van der Waals surface area contributed by atoms with Gasteiger partial charge in [-0.1, -0.05) is 20.8 Å². The smallest absolute Gasteiger partial charge is 0.0724 e. The first-order valence-electron chi connectivity index (χ1n) is 7.57. The molecule has 1 aliphatic heterocycles. The molecule has 0 spiro atoms. The Hall–Kier alpha value is -0.120. The van der Waals surface area contributed by atoms with Gasteiger partial charge in [-0.25, -0.2) is 0 Å². The number of piperidine rings is 1. The third-order valence-corrected chi connectivity index (χ3v) is 4.52. The molecule has 1 fully saturated rings. The first-order chi connectivity index (χ1) is 8.60. The van der Waals surface area contributed by atoms with Gasteiger partial charge >= 0.3 is 0 Å². The highest BCUT2D eigenvalue weighted by Gasteiger charge is 2.30. The number of hydrogen-bond acceptors (Lipinski definition) is 3. The second-order valence-electron chi connectivity index (χ2n) is 5.96. The van der Waals surface area contributed by atoms with Gasteiger partial charge in [-0.3, -0.25) is 4.90 Å². The van der Waals surface area contributed by atoms with Crippen LogP contribution in [0.15, 0.2) is 0 Å². The number of rotatable bonds is 7. The SMILES string of the molecule is CCCNCC(C)C(C)N1CCC(C)C(OC)C1. The van der Waals surface area contributed by atoms with Crippen molar-refractivity contribution in [3.63, 3.8) is 0 Å². The van der Waals surface area contributed by atoms with Crippen molar-refractivity contribution in [3.8, 4) is 0 Å². The molecule has 1 heterocycles. The van der Waals surface area contributed by atoms with Gasteiger partial charge in [0.25, 0.3) is 0 Å². The standard InChI is InChI=1S/C15H32N2O/c1-6-8-16-10-13(3)14(4)17-9-7-12(2)15(11-17)18-5/h12-16H,6-11H2,1-5H3. The van der Waals surface area contributed by atoms with E-state index in [9.17, 15) is 0 Å². The number of hydrogen-bond donors (Lipinski definition) is 1. The topological polar surface area (TPSA) is 24.5 Å². The van der Waals surface area contributed by atoms with Gasteiger partial charge in [-0.15, -0.1) is 0 Å². The fraction of sp³-hybridized carbons (Fsp3) is 1.00. The lowest BCUT2D eigenvalue weighted by Gasteiger charge is -2.41. The van der Waals surface area contributed by atoms with Crippen molar-refractivity contribution in [2.75, 3.05) is 33.3 Å². The molecule has 3 nitrogen and oxygen atoms in total. The summed E-state index contributed by atoms with van der Waals surface area (Å²) in [5, 5.41) is 3.53. The summed E-state index contributed by atoms with van der Waals surface area (Å²) in [6.45, 7) is 13.8. The minimum Gasteiger partial charge on any atom is -0.380 e. The van der Waals surface area contributed by atoms with Crippen LogP contribution in [0.5, 0.6) is 0 Å². The average Bonchev–Trinajstić information content (AvgIpc) is 2.38. The molecule has 0 radical (unpaired) electrons. The van der Waals surface area contributed by atoms with Crippen LogP contribution in [0, 0.1) is 11.8 Å². The molecule has 108 valence electrons. The van der Waals surface area contributed by atoms with Crippen LogP contribution < -0.4 is 5.32 Å². The van der Waals surface area contributed by atoms with E-state index in [4.69, 9.17) is 4.74 Å². The fourth-order valence-electron chi connectivity index (χ4n) is 2.77. The van der Waals surface area contributed by atoms with Crippen molar-refractivity contribution in [3.05, 3.63) is 0 Å². The summed E-state index contributed by atoms with van der Waals surface area (Å²) >= 11 is 0. The summed E-state index contributed by atoms with van der Waals surface area (Å²) in [6.07, 6.45) is 2.89. The Labute approximate surface area is 113 Å². The summed E-state index contributed by atoms with van der Waals surface area (Å²) in [5.74, 6) is 1.40. The largest absolute Gasteiger partial charge is 0.380 e. The quantitative estimate of drug-likeness (QED) is 0.708. The Balaban J connectivity index is 2.38. The molecule has 18 heavy (non-hydrogen) atoms. The fourth-order valence-corrected chi connectivity index (χ4v) is 2.77. The molecule has 4 atom stereocenters. The molecule has 0 aliphatic carbocycles. The van der Waals surface area contributed by atoms with Crippen LogP contribution in [0.3, 0.4) is 0 Å². The molecule has 1 aliphatic rings. The molecule has 0 aromatic heterocycles. The van der Waals surface area contributed by atoms with Gasteiger partial charge < -0.3 is 10.1 Å². The van der Waals surface area contributed by atoms with Gasteiger partial charge in [-0.05, 0) is 51.2 Å². The van der Waals surface area contributed by atoms with E-state index in [0.717, 1.165) is 19.6 Å². The van der Waals surface area contributed by atoms with Crippen LogP contribution in [0.2, 0.25) is 0 Å². The van der Waals surface area contributed by atoms with Crippen LogP contribution in [0.1, 0.15) is 40.5 Å². The molecule has 0 aromatic rings. The van der Waals surface area contributed by atoms with Crippen molar-refractivity contribution in [2.45, 2.75) is 52.7 Å². The van der Waals surface area contributed by atoms with Crippen molar-refractivity contribution >= 4 is 0 Å². The van der Waals surface area contributed by atoms with Crippen LogP contribution in [-0.2, 0) is 4.74 Å². The van der Waals surface area contributed by atoms with Crippen LogP contribution >= 0.6 is 0 Å². The van der Waals surface area contributed by atoms with E-state index >= 15 is 0 Å². The maximum atomic E-state index is 5.60. The van der Waals surface area contributed by atoms with Crippen molar-refractivity contribution in [1.82, 2.24) is 10.2 Å². The van der Waals surface area contributed by atoms with E-state index in [1.54, 1.807) is 0 Å². The Morgan fingerprint density at radius 2 is 2.11 bits per heavy atom. The normalized spacial score (nSPS) is 29.2. The molecule has 1 rings (SSSR count). The van der Waals surface area contributed by atoms with Crippen LogP contribution in [0.4, 0.5) is 0 Å². The predicted molar refractivity (Wildman–Crippen MR) is 77.9 cm³/mol. The molecular formula is C15H32N2O. The van der Waals surface area contributed by atoms with Crippen LogP contribution in [0.25, 0.3) is 0 Å². The lowest BCUT2D eigenvalue weighted by atomic mass is 9.92. The van der Waals surface area contributed by atoms with Gasteiger partial charge in [0.1, 0.15) is 0 Å². The lowest BCUT2D eigenvalue weighted by molar-refractivity contribution is -0.0237. The van der Waals surface area contributed by atoms with Crippen LogP contribution in [-0.4, -0.2) is 50.3 Å². The van der Waals surface area contributed by atoms with E-state index in [1.807, 2.05) is 7.11 Å². The number of nitrogens with zero attached hydrogens (tertiary/aromatic N) is 1. The first kappa shape index (κ1) is 15.9. The van der Waals surface area contributed by atoms with Gasteiger partial charge in [0.2, 0.25) is 0 Å². The zero-order valence-electron chi connectivity index (χ0n) is 12.9. The third kappa shape index (κ3) is 4.52. The van der Waals surface area contributed by atoms with E-state index < -0.39 is 0 Å². The molecule has 0 saturated carbocycles. The first-order valence-corrected chi connectivity index (χ1v) is 7.57. The Morgan fingerprint density at radius 3 is 2.72 bits per heavy atom. The summed E-state index contributed by atoms with van der Waals surface area (Å²) in [7, 11) is 1.85. The molecule has 0 bridgehead atoms. The zero-order chi connectivity index (χ0) is 13.5. The zero-order valence-corrected chi connectivity index (χ0v) is 12.9. The average molecular weight is 256 g/mol. The molecule has 3 heteroatoms. The van der Waals surface area contributed by atoms with Gasteiger partial charge in [-0.2, -0.15) is 0 Å². The molecular weight excluding hydrogens is 224 g/mol. The predicted octanol–water partition coefficient (Wildman–Crippen LogP) is 2.37. The maximum absolute atomic E-state index is 5.60. The number of methoxy groups -OCH3 is 1. The van der Waals surface area contributed by atoms with Gasteiger partial charge in [0.05, 0.1) is 6.10 Å². The minimum atomic E-state index is 0.414. The highest BCUT2D eigenvalue weighted by Crippen LogP contribution is 2.23. The molecule has 4 unspecified atom stereocenters. The highest BCUT2D eigenvalue weighted by atomic mass is 16.5. The molecule has 1 N–H and O–H groups in total. The number of ether oxygens (including phenoxy) is 1. The number of nitrogens with one attached hydrogen (secondary N) is 1. The van der Waals surface area contributed by atoms with E-state index in [2.05, 4.69) is 37.9 Å². The molecule has 0 amide bonds. The van der Waals surface area contributed by atoms with Crippen molar-refractivity contribution < 1.29 is 4.74 Å². The molecule has 0 aromatic carbocycles. The highest BCUT2D eigenvalue weighted by molar-refractivity contribution is 4.83. The molecule has 1 saturated heterocycles. The summed E-state index contributed by atoms with van der Waals surface area (Å²) in [4.78, 5) is 2.60. The summed E-state index contributed by atoms with van der Waals surface area (Å²) in [6, 6.07) is 0.638. The Bertz CT molecular complexity index is 223. The van der Waals surface area contributed by atoms with E-state index in [0.29, 0.717) is 24.0 Å². The second-order valence-corrected chi connectivity index (χ2v) is 5.96. The van der Waals surface area contributed by atoms with Gasteiger partial charge in [0, 0.05) is 19.7 Å². The minimum absolute atomic E-state index is 0.414. The summed E-state index contributed by atoms with van der Waals surface area (Å²) < 4.78 is 5.60. The lowest BCUT2D eigenvalue weighted by Crippen LogP contribution is -2.50. The van der Waals surface area contributed by atoms with Crippen molar-refractivity contribution in [1.29, 1.82) is 0 Å². The Morgan fingerprint density at radius 1 is 1.39 bits per heavy atom. The van der Waals surface area contributed by atoms with Crippen molar-refractivity contribution in [2.24, 2.45) is 11.8 Å². The number of likely N-dealkylation sites (tertiary alicyclic amines) is 1. The van der Waals surface area contributed by atoms with Gasteiger partial charge in [0.15, 0.2) is 0 Å². The monoisotopic (exact) mass is 256 g/mol. The second kappa shape index (κ2) is 8.13. The third-order valence-electron chi connectivity index (χ3n) is 4.52. The summed E-state index contributed by atoms with van der Waals surface area (Å²) in [5.41, 5.74) is 0.